The molecule has 1 aromatic carbocycles. The molecule has 0 unspecified atom stereocenters. The van der Waals surface area contributed by atoms with Crippen molar-refractivity contribution in [3.05, 3.63) is 40.4 Å². The second kappa shape index (κ2) is 6.37. The molecule has 0 radical (unpaired) electrons. The van der Waals surface area contributed by atoms with E-state index in [0.29, 0.717) is 16.3 Å². The monoisotopic (exact) mass is 251 g/mol. The van der Waals surface area contributed by atoms with Gasteiger partial charge in [0.1, 0.15) is 6.07 Å². The van der Waals surface area contributed by atoms with Gasteiger partial charge in [-0.1, -0.05) is 41.6 Å². The summed E-state index contributed by atoms with van der Waals surface area (Å²) in [6, 6.07) is 7.26. The van der Waals surface area contributed by atoms with Gasteiger partial charge in [-0.15, -0.1) is 0 Å². The molecule has 0 bridgehead atoms. The summed E-state index contributed by atoms with van der Waals surface area (Å²) < 4.78 is 0. The normalized spacial score (nSPS) is 10.3. The second-order valence-corrected chi connectivity index (χ2v) is 4.66. The summed E-state index contributed by atoms with van der Waals surface area (Å²) >= 11 is 7.05. The first kappa shape index (κ1) is 12.8. The molecule has 0 atom stereocenters. The van der Waals surface area contributed by atoms with Crippen LogP contribution in [0, 0.1) is 11.3 Å². The molecular formula is C12H10ClNOS. The fourth-order valence-electron chi connectivity index (χ4n) is 1.08. The van der Waals surface area contributed by atoms with E-state index >= 15 is 0 Å². The van der Waals surface area contributed by atoms with Crippen molar-refractivity contribution in [1.82, 2.24) is 0 Å². The first-order chi connectivity index (χ1) is 7.63. The number of hydrogen-bond donors (Lipinski definition) is 0. The highest BCUT2D eigenvalue weighted by molar-refractivity contribution is 8.13. The third kappa shape index (κ3) is 4.09. The van der Waals surface area contributed by atoms with Gasteiger partial charge in [0.15, 0.2) is 5.12 Å². The maximum Gasteiger partial charge on any atom is 0.186 e. The molecule has 0 aliphatic heterocycles. The van der Waals surface area contributed by atoms with Gasteiger partial charge < -0.3 is 0 Å². The van der Waals surface area contributed by atoms with E-state index in [2.05, 4.69) is 0 Å². The van der Waals surface area contributed by atoms with Crippen LogP contribution in [0.4, 0.5) is 0 Å². The van der Waals surface area contributed by atoms with E-state index < -0.39 is 0 Å². The third-order valence-electron chi connectivity index (χ3n) is 1.80. The Morgan fingerprint density at radius 2 is 2.38 bits per heavy atom. The maximum atomic E-state index is 10.7. The van der Waals surface area contributed by atoms with Gasteiger partial charge in [-0.25, -0.2) is 0 Å². The van der Waals surface area contributed by atoms with Gasteiger partial charge in [0.05, 0.1) is 10.6 Å². The first-order valence-electron chi connectivity index (χ1n) is 4.63. The summed E-state index contributed by atoms with van der Waals surface area (Å²) in [4.78, 5) is 10.7. The van der Waals surface area contributed by atoms with Crippen LogP contribution >= 0.6 is 23.4 Å². The Balaban J connectivity index is 2.68. The summed E-state index contributed by atoms with van der Waals surface area (Å²) in [5.41, 5.74) is 1.37. The van der Waals surface area contributed by atoms with Crippen LogP contribution in [0.15, 0.2) is 24.3 Å². The zero-order valence-electron chi connectivity index (χ0n) is 8.74. The number of carbonyl (C=O) groups is 1. The summed E-state index contributed by atoms with van der Waals surface area (Å²) in [5.74, 6) is 0.639. The summed E-state index contributed by atoms with van der Waals surface area (Å²) in [7, 11) is 0. The molecule has 4 heteroatoms. The summed E-state index contributed by atoms with van der Waals surface area (Å²) in [6.45, 7) is 1.54. The van der Waals surface area contributed by atoms with Crippen molar-refractivity contribution in [1.29, 1.82) is 5.26 Å². The van der Waals surface area contributed by atoms with Gasteiger partial charge in [-0.05, 0) is 17.7 Å². The lowest BCUT2D eigenvalue weighted by Crippen LogP contribution is -1.82. The van der Waals surface area contributed by atoms with E-state index in [0.717, 1.165) is 5.56 Å². The van der Waals surface area contributed by atoms with Gasteiger partial charge in [-0.2, -0.15) is 5.26 Å². The Hall–Kier alpha value is -1.24. The Morgan fingerprint density at radius 3 is 3.00 bits per heavy atom. The molecule has 2 nitrogen and oxygen atoms in total. The Bertz CT molecular complexity index is 463. The second-order valence-electron chi connectivity index (χ2n) is 3.06. The molecular weight excluding hydrogens is 242 g/mol. The molecule has 82 valence electrons. The van der Waals surface area contributed by atoms with E-state index in [-0.39, 0.29) is 5.12 Å². The highest BCUT2D eigenvalue weighted by Crippen LogP contribution is 2.17. The van der Waals surface area contributed by atoms with Gasteiger partial charge in [0.2, 0.25) is 0 Å². The minimum atomic E-state index is 0.0958. The minimum absolute atomic E-state index is 0.0958. The van der Waals surface area contributed by atoms with Crippen molar-refractivity contribution in [2.24, 2.45) is 0 Å². The van der Waals surface area contributed by atoms with E-state index in [9.17, 15) is 4.79 Å². The number of carbonyl (C=O) groups excluding carboxylic acids is 1. The van der Waals surface area contributed by atoms with Gasteiger partial charge in [0.25, 0.3) is 0 Å². The molecule has 0 spiro atoms. The van der Waals surface area contributed by atoms with Crippen LogP contribution in [0.3, 0.4) is 0 Å². The molecule has 0 N–H and O–H groups in total. The average molecular weight is 252 g/mol. The number of benzene rings is 1. The van der Waals surface area contributed by atoms with Gasteiger partial charge in [0, 0.05) is 12.7 Å². The number of nitriles is 1. The van der Waals surface area contributed by atoms with Gasteiger partial charge in [-0.3, -0.25) is 4.79 Å². The summed E-state index contributed by atoms with van der Waals surface area (Å²) in [6.07, 6.45) is 3.75. The van der Waals surface area contributed by atoms with Crippen molar-refractivity contribution in [2.75, 3.05) is 5.75 Å². The lowest BCUT2D eigenvalue weighted by Gasteiger charge is -1.97. The van der Waals surface area contributed by atoms with Gasteiger partial charge >= 0.3 is 0 Å². The van der Waals surface area contributed by atoms with E-state index in [4.69, 9.17) is 16.9 Å². The average Bonchev–Trinajstić information content (AvgIpc) is 2.26. The molecule has 1 rings (SSSR count). The molecule has 0 amide bonds. The van der Waals surface area contributed by atoms with E-state index in [1.54, 1.807) is 12.1 Å². The van der Waals surface area contributed by atoms with Crippen molar-refractivity contribution in [3.8, 4) is 6.07 Å². The lowest BCUT2D eigenvalue weighted by molar-refractivity contribution is -0.109. The number of thioether (sulfide) groups is 1. The lowest BCUT2D eigenvalue weighted by atomic mass is 10.1. The highest BCUT2D eigenvalue weighted by atomic mass is 35.5. The van der Waals surface area contributed by atoms with Crippen molar-refractivity contribution < 1.29 is 4.79 Å². The van der Waals surface area contributed by atoms with Crippen LogP contribution in [0.1, 0.15) is 18.1 Å². The zero-order valence-corrected chi connectivity index (χ0v) is 10.3. The smallest absolute Gasteiger partial charge is 0.186 e. The number of nitrogens with zero attached hydrogens (tertiary/aromatic N) is 1. The molecule has 0 fully saturated rings. The highest BCUT2D eigenvalue weighted by Gasteiger charge is 1.98. The van der Waals surface area contributed by atoms with Crippen LogP contribution in [-0.4, -0.2) is 10.9 Å². The molecule has 0 saturated heterocycles. The fraction of sp³-hybridized carbons (Fsp3) is 0.167. The molecule has 0 aliphatic carbocycles. The molecule has 0 aliphatic rings. The van der Waals surface area contributed by atoms with Crippen LogP contribution < -0.4 is 0 Å². The SMILES string of the molecule is CC(=O)SCC=Cc1ccc(Cl)c(C#N)c1. The molecule has 0 aromatic heterocycles. The van der Waals surface area contributed by atoms with Crippen LogP contribution in [-0.2, 0) is 4.79 Å². The Morgan fingerprint density at radius 1 is 1.62 bits per heavy atom. The fourth-order valence-corrected chi connectivity index (χ4v) is 1.67. The molecule has 16 heavy (non-hydrogen) atoms. The van der Waals surface area contributed by atoms with E-state index in [1.165, 1.54) is 18.7 Å². The van der Waals surface area contributed by atoms with Crippen LogP contribution in [0.2, 0.25) is 5.02 Å². The zero-order chi connectivity index (χ0) is 12.0. The molecule has 0 saturated carbocycles. The standard InChI is InChI=1S/C12H10ClNOS/c1-9(15)16-6-2-3-10-4-5-12(13)11(7-10)8-14/h2-5,7H,6H2,1H3. The van der Waals surface area contributed by atoms with Crippen molar-refractivity contribution in [2.45, 2.75) is 6.92 Å². The topological polar surface area (TPSA) is 40.9 Å². The Labute approximate surface area is 104 Å². The first-order valence-corrected chi connectivity index (χ1v) is 5.99. The maximum absolute atomic E-state index is 10.7. The van der Waals surface area contributed by atoms with Crippen molar-refractivity contribution in [3.63, 3.8) is 0 Å². The quantitative estimate of drug-likeness (QED) is 0.826. The summed E-state index contributed by atoms with van der Waals surface area (Å²) in [5, 5.41) is 9.33. The third-order valence-corrected chi connectivity index (χ3v) is 2.90. The predicted molar refractivity (Wildman–Crippen MR) is 68.3 cm³/mol. The van der Waals surface area contributed by atoms with E-state index in [1.807, 2.05) is 24.3 Å². The minimum Gasteiger partial charge on any atom is -0.288 e. The van der Waals surface area contributed by atoms with Crippen LogP contribution in [0.5, 0.6) is 0 Å². The molecule has 1 aromatic rings. The van der Waals surface area contributed by atoms with Crippen LogP contribution in [0.25, 0.3) is 6.08 Å². The largest absolute Gasteiger partial charge is 0.288 e. The predicted octanol–water partition coefficient (Wildman–Crippen LogP) is 3.50. The van der Waals surface area contributed by atoms with Crippen molar-refractivity contribution >= 4 is 34.6 Å². The number of hydrogen-bond acceptors (Lipinski definition) is 3. The molecule has 0 heterocycles. The number of halogens is 1. The Kier molecular flexibility index (Phi) is 5.10. The number of rotatable bonds is 3.